The van der Waals surface area contributed by atoms with Crippen molar-refractivity contribution in [2.45, 2.75) is 32.4 Å². The summed E-state index contributed by atoms with van der Waals surface area (Å²) in [6.07, 6.45) is 3.60. The van der Waals surface area contributed by atoms with Crippen LogP contribution in [0.3, 0.4) is 0 Å². The van der Waals surface area contributed by atoms with Gasteiger partial charge in [0.25, 0.3) is 0 Å². The molecule has 3 aromatic heterocycles. The summed E-state index contributed by atoms with van der Waals surface area (Å²) < 4.78 is 34.6. The van der Waals surface area contributed by atoms with E-state index < -0.39 is 18.2 Å². The first-order chi connectivity index (χ1) is 15.4. The molecule has 0 unspecified atom stereocenters. The molecule has 1 aliphatic rings. The zero-order valence-electron chi connectivity index (χ0n) is 17.0. The summed E-state index contributed by atoms with van der Waals surface area (Å²) in [4.78, 5) is 25.7. The maximum Gasteiger partial charge on any atom is 0.353 e. The van der Waals surface area contributed by atoms with Gasteiger partial charge in [0.15, 0.2) is 11.6 Å². The van der Waals surface area contributed by atoms with Gasteiger partial charge < -0.3 is 4.42 Å². The SMILES string of the molecule is Cc1cc(CF)nc(-c2nc(-n3ccc(C4CC4)nc3=O)c(-c3ccc(Cl)c(F)c3)o2)c1. The van der Waals surface area contributed by atoms with E-state index in [2.05, 4.69) is 15.0 Å². The Hall–Kier alpha value is -3.39. The molecule has 3 heterocycles. The minimum Gasteiger partial charge on any atom is -0.432 e. The number of hydrogen-bond acceptors (Lipinski definition) is 5. The fourth-order valence-electron chi connectivity index (χ4n) is 3.51. The second-order valence-electron chi connectivity index (χ2n) is 7.73. The van der Waals surface area contributed by atoms with E-state index in [1.54, 1.807) is 37.4 Å². The van der Waals surface area contributed by atoms with Gasteiger partial charge in [-0.05, 0) is 61.7 Å². The van der Waals surface area contributed by atoms with E-state index >= 15 is 0 Å². The zero-order valence-corrected chi connectivity index (χ0v) is 17.7. The van der Waals surface area contributed by atoms with Crippen molar-refractivity contribution >= 4 is 11.6 Å². The molecule has 4 aromatic rings. The zero-order chi connectivity index (χ0) is 22.4. The first kappa shape index (κ1) is 20.5. The fourth-order valence-corrected chi connectivity index (χ4v) is 3.63. The summed E-state index contributed by atoms with van der Waals surface area (Å²) in [7, 11) is 0. The van der Waals surface area contributed by atoms with Gasteiger partial charge in [0.1, 0.15) is 18.2 Å². The van der Waals surface area contributed by atoms with Gasteiger partial charge in [-0.3, -0.25) is 0 Å². The average Bonchev–Trinajstić information content (AvgIpc) is 3.54. The van der Waals surface area contributed by atoms with Crippen LogP contribution in [0, 0.1) is 12.7 Å². The Bertz CT molecular complexity index is 1400. The number of aromatic nitrogens is 4. The summed E-state index contributed by atoms with van der Waals surface area (Å²) in [5, 5.41) is -0.0457. The number of benzene rings is 1. The normalized spacial score (nSPS) is 13.5. The molecule has 9 heteroatoms. The molecule has 0 spiro atoms. The largest absolute Gasteiger partial charge is 0.432 e. The molecule has 1 aromatic carbocycles. The molecule has 0 bridgehead atoms. The standard InChI is InChI=1S/C23H17ClF2N4O2/c1-12-8-15(11-25)27-19(9-12)22-29-21(20(32-22)14-4-5-16(24)17(26)10-14)30-7-6-18(13-2-3-13)28-23(30)31/h4-10,13H,2-3,11H2,1H3. The lowest BCUT2D eigenvalue weighted by Crippen LogP contribution is -2.22. The Morgan fingerprint density at radius 2 is 1.97 bits per heavy atom. The van der Waals surface area contributed by atoms with E-state index in [4.69, 9.17) is 16.0 Å². The predicted molar refractivity (Wildman–Crippen MR) is 115 cm³/mol. The monoisotopic (exact) mass is 454 g/mol. The number of pyridine rings is 1. The smallest absolute Gasteiger partial charge is 0.353 e. The number of alkyl halides is 1. The van der Waals surface area contributed by atoms with Crippen LogP contribution in [0.1, 0.15) is 35.7 Å². The number of halogens is 3. The maximum absolute atomic E-state index is 14.2. The predicted octanol–water partition coefficient (Wildman–Crippen LogP) is 5.40. The van der Waals surface area contributed by atoms with Gasteiger partial charge in [0, 0.05) is 17.7 Å². The Morgan fingerprint density at radius 3 is 2.66 bits per heavy atom. The van der Waals surface area contributed by atoms with Gasteiger partial charge >= 0.3 is 5.69 Å². The van der Waals surface area contributed by atoms with E-state index in [9.17, 15) is 13.6 Å². The summed E-state index contributed by atoms with van der Waals surface area (Å²) in [5.74, 6) is 0.0130. The molecule has 1 fully saturated rings. The molecule has 6 nitrogen and oxygen atoms in total. The molecule has 1 saturated carbocycles. The highest BCUT2D eigenvalue weighted by Gasteiger charge is 2.27. The van der Waals surface area contributed by atoms with Crippen LogP contribution in [0.2, 0.25) is 5.02 Å². The third-order valence-electron chi connectivity index (χ3n) is 5.22. The van der Waals surface area contributed by atoms with Crippen molar-refractivity contribution in [2.24, 2.45) is 0 Å². The van der Waals surface area contributed by atoms with Gasteiger partial charge in [0.2, 0.25) is 5.89 Å². The highest BCUT2D eigenvalue weighted by Crippen LogP contribution is 2.38. The van der Waals surface area contributed by atoms with Crippen molar-refractivity contribution in [2.75, 3.05) is 0 Å². The average molecular weight is 455 g/mol. The number of nitrogens with zero attached hydrogens (tertiary/aromatic N) is 4. The van der Waals surface area contributed by atoms with Gasteiger partial charge in [-0.25, -0.2) is 23.1 Å². The van der Waals surface area contributed by atoms with Crippen molar-refractivity contribution in [1.29, 1.82) is 0 Å². The van der Waals surface area contributed by atoms with E-state index in [0.29, 0.717) is 17.2 Å². The van der Waals surface area contributed by atoms with Crippen LogP contribution < -0.4 is 5.69 Å². The summed E-state index contributed by atoms with van der Waals surface area (Å²) in [6, 6.07) is 9.23. The molecule has 32 heavy (non-hydrogen) atoms. The van der Waals surface area contributed by atoms with Gasteiger partial charge in [-0.1, -0.05) is 11.6 Å². The third kappa shape index (κ3) is 3.82. The van der Waals surface area contributed by atoms with Gasteiger partial charge in [-0.2, -0.15) is 9.97 Å². The summed E-state index contributed by atoms with van der Waals surface area (Å²) >= 11 is 5.82. The number of oxazole rings is 1. The lowest BCUT2D eigenvalue weighted by atomic mass is 10.1. The topological polar surface area (TPSA) is 73.8 Å². The third-order valence-corrected chi connectivity index (χ3v) is 5.53. The van der Waals surface area contributed by atoms with Crippen molar-refractivity contribution < 1.29 is 13.2 Å². The molecule has 5 rings (SSSR count). The summed E-state index contributed by atoms with van der Waals surface area (Å²) in [6.45, 7) is 1.05. The molecule has 1 aliphatic carbocycles. The molecular formula is C23H17ClF2N4O2. The van der Waals surface area contributed by atoms with Crippen molar-refractivity contribution in [3.05, 3.63) is 80.9 Å². The fraction of sp³-hybridized carbons (Fsp3) is 0.217. The lowest BCUT2D eigenvalue weighted by Gasteiger charge is -2.05. The highest BCUT2D eigenvalue weighted by molar-refractivity contribution is 6.30. The minimum absolute atomic E-state index is 0.0457. The number of aryl methyl sites for hydroxylation is 1. The molecule has 0 radical (unpaired) electrons. The van der Waals surface area contributed by atoms with E-state index in [-0.39, 0.29) is 28.2 Å². The molecular weight excluding hydrogens is 438 g/mol. The Balaban J connectivity index is 1.70. The Morgan fingerprint density at radius 1 is 1.16 bits per heavy atom. The van der Waals surface area contributed by atoms with Crippen LogP contribution >= 0.6 is 11.6 Å². The van der Waals surface area contributed by atoms with Crippen LogP contribution in [0.5, 0.6) is 0 Å². The molecule has 0 saturated heterocycles. The lowest BCUT2D eigenvalue weighted by molar-refractivity contribution is 0.475. The van der Waals surface area contributed by atoms with E-state index in [0.717, 1.165) is 24.1 Å². The highest BCUT2D eigenvalue weighted by atomic mass is 35.5. The van der Waals surface area contributed by atoms with Crippen LogP contribution in [0.25, 0.3) is 28.7 Å². The molecule has 0 amide bonds. The number of rotatable bonds is 5. The molecule has 162 valence electrons. The quantitative estimate of drug-likeness (QED) is 0.404. The second kappa shape index (κ2) is 7.94. The first-order valence-corrected chi connectivity index (χ1v) is 10.4. The Kier molecular flexibility index (Phi) is 5.09. The van der Waals surface area contributed by atoms with Crippen molar-refractivity contribution in [3.8, 4) is 28.7 Å². The van der Waals surface area contributed by atoms with Crippen LogP contribution in [0.4, 0.5) is 8.78 Å². The van der Waals surface area contributed by atoms with Crippen LogP contribution in [-0.4, -0.2) is 19.5 Å². The maximum atomic E-state index is 14.2. The van der Waals surface area contributed by atoms with Gasteiger partial charge in [0.05, 0.1) is 16.4 Å². The number of hydrogen-bond donors (Lipinski definition) is 0. The first-order valence-electron chi connectivity index (χ1n) is 10.0. The minimum atomic E-state index is -0.747. The molecule has 0 aliphatic heterocycles. The van der Waals surface area contributed by atoms with E-state index in [1.807, 2.05) is 0 Å². The van der Waals surface area contributed by atoms with E-state index in [1.165, 1.54) is 16.7 Å². The second-order valence-corrected chi connectivity index (χ2v) is 8.14. The van der Waals surface area contributed by atoms with Crippen molar-refractivity contribution in [3.63, 3.8) is 0 Å². The molecule has 0 atom stereocenters. The Labute approximate surface area is 186 Å². The van der Waals surface area contributed by atoms with Gasteiger partial charge in [-0.15, -0.1) is 0 Å². The van der Waals surface area contributed by atoms with Crippen molar-refractivity contribution in [1.82, 2.24) is 19.5 Å². The molecule has 0 N–H and O–H groups in total. The van der Waals surface area contributed by atoms with Crippen LogP contribution in [-0.2, 0) is 6.67 Å². The summed E-state index contributed by atoms with van der Waals surface area (Å²) in [5.41, 5.74) is 1.85. The van der Waals surface area contributed by atoms with Crippen LogP contribution in [0.15, 0.2) is 51.8 Å².